The number of aldehydes is 1. The number of hydrogen-bond acceptors (Lipinski definition) is 7. The van der Waals surface area contributed by atoms with Gasteiger partial charge in [-0.05, 0) is 18.4 Å². The second kappa shape index (κ2) is 11.4. The molecule has 3 atom stereocenters. The van der Waals surface area contributed by atoms with Gasteiger partial charge >= 0.3 is 5.97 Å². The van der Waals surface area contributed by atoms with Crippen LogP contribution in [-0.4, -0.2) is 93.5 Å². The van der Waals surface area contributed by atoms with Crippen LogP contribution in [0.5, 0.6) is 0 Å². The van der Waals surface area contributed by atoms with Crippen molar-refractivity contribution in [2.45, 2.75) is 38.4 Å². The molecule has 3 rings (SSSR count). The number of carbonyl (C=O) groups excluding carboxylic acids is 5. The lowest BCUT2D eigenvalue weighted by molar-refractivity contribution is -0.149. The highest BCUT2D eigenvalue weighted by Gasteiger charge is 2.39. The Bertz CT molecular complexity index is 1200. The lowest BCUT2D eigenvalue weighted by Gasteiger charge is -2.41. The summed E-state index contributed by atoms with van der Waals surface area (Å²) in [5, 5.41) is 15.3. The van der Waals surface area contributed by atoms with E-state index in [4.69, 9.17) is 5.11 Å². The zero-order chi connectivity index (χ0) is 26.4. The monoisotopic (exact) mass is 497 g/mol. The Labute approximate surface area is 206 Å². The van der Waals surface area contributed by atoms with Crippen LogP contribution in [0.2, 0.25) is 0 Å². The molecule has 0 spiro atoms. The number of benzene rings is 1. The molecule has 190 valence electrons. The molecule has 0 radical (unpaired) electrons. The zero-order valence-electron chi connectivity index (χ0n) is 19.8. The largest absolute Gasteiger partial charge is 0.481 e. The number of amides is 4. The molecule has 1 unspecified atom stereocenters. The minimum absolute atomic E-state index is 0.00785. The molecule has 36 heavy (non-hydrogen) atoms. The SMILES string of the molecule is CC(=O)N1CCN(C(=O)[C@H](C)NC(=O)c2nccc3ccccc23)C(C(=O)N[C@H](C=O)CC(=O)O)C1. The Balaban J connectivity index is 1.78. The van der Waals surface area contributed by atoms with E-state index in [-0.39, 0.29) is 31.2 Å². The number of carboxylic acids is 1. The number of nitrogens with zero attached hydrogens (tertiary/aromatic N) is 3. The summed E-state index contributed by atoms with van der Waals surface area (Å²) in [6.07, 6.45) is 1.16. The van der Waals surface area contributed by atoms with Gasteiger partial charge in [0, 0.05) is 31.6 Å². The molecule has 0 saturated carbocycles. The van der Waals surface area contributed by atoms with Crippen LogP contribution >= 0.6 is 0 Å². The van der Waals surface area contributed by atoms with Crippen molar-refractivity contribution >= 4 is 46.7 Å². The average molecular weight is 498 g/mol. The van der Waals surface area contributed by atoms with Gasteiger partial charge in [-0.15, -0.1) is 0 Å². The second-order valence-electron chi connectivity index (χ2n) is 8.44. The topological polar surface area (TPSA) is 166 Å². The Kier molecular flexibility index (Phi) is 8.30. The normalized spacial score (nSPS) is 17.1. The maximum atomic E-state index is 13.3. The molecule has 4 amide bonds. The van der Waals surface area contributed by atoms with Gasteiger partial charge in [0.05, 0.1) is 19.0 Å². The molecule has 0 bridgehead atoms. The van der Waals surface area contributed by atoms with Crippen molar-refractivity contribution in [1.29, 1.82) is 0 Å². The Morgan fingerprint density at radius 2 is 1.86 bits per heavy atom. The van der Waals surface area contributed by atoms with Gasteiger partial charge in [-0.3, -0.25) is 29.0 Å². The predicted octanol–water partition coefficient (Wildman–Crippen LogP) is -0.429. The summed E-state index contributed by atoms with van der Waals surface area (Å²) in [5.41, 5.74) is 0.144. The lowest BCUT2D eigenvalue weighted by Crippen LogP contribution is -2.64. The van der Waals surface area contributed by atoms with Crippen molar-refractivity contribution in [2.24, 2.45) is 0 Å². The molecule has 1 aliphatic rings. The van der Waals surface area contributed by atoms with Crippen molar-refractivity contribution in [3.05, 3.63) is 42.2 Å². The van der Waals surface area contributed by atoms with Gasteiger partial charge in [-0.25, -0.2) is 0 Å². The molecule has 12 heteroatoms. The van der Waals surface area contributed by atoms with Gasteiger partial charge in [0.2, 0.25) is 17.7 Å². The van der Waals surface area contributed by atoms with Crippen LogP contribution in [0.4, 0.5) is 0 Å². The predicted molar refractivity (Wildman–Crippen MR) is 127 cm³/mol. The molecule has 1 aromatic carbocycles. The van der Waals surface area contributed by atoms with E-state index in [1.165, 1.54) is 29.8 Å². The summed E-state index contributed by atoms with van der Waals surface area (Å²) in [7, 11) is 0. The van der Waals surface area contributed by atoms with Crippen molar-refractivity contribution in [1.82, 2.24) is 25.4 Å². The zero-order valence-corrected chi connectivity index (χ0v) is 19.8. The van der Waals surface area contributed by atoms with Crippen LogP contribution in [0.3, 0.4) is 0 Å². The Hall–Kier alpha value is -4.35. The van der Waals surface area contributed by atoms with Gasteiger partial charge < -0.3 is 30.3 Å². The highest BCUT2D eigenvalue weighted by molar-refractivity contribution is 6.06. The average Bonchev–Trinajstić information content (AvgIpc) is 2.86. The van der Waals surface area contributed by atoms with Gasteiger partial charge in [-0.2, -0.15) is 0 Å². The molecule has 3 N–H and O–H groups in total. The van der Waals surface area contributed by atoms with Gasteiger partial charge in [0.25, 0.3) is 5.91 Å². The van der Waals surface area contributed by atoms with Crippen LogP contribution in [0.25, 0.3) is 10.8 Å². The second-order valence-corrected chi connectivity index (χ2v) is 8.44. The van der Waals surface area contributed by atoms with Crippen LogP contribution in [-0.2, 0) is 24.0 Å². The van der Waals surface area contributed by atoms with Gasteiger partial charge in [0.15, 0.2) is 0 Å². The number of pyridine rings is 1. The summed E-state index contributed by atoms with van der Waals surface area (Å²) in [4.78, 5) is 80.0. The summed E-state index contributed by atoms with van der Waals surface area (Å²) < 4.78 is 0. The van der Waals surface area contributed by atoms with E-state index < -0.39 is 48.2 Å². The van der Waals surface area contributed by atoms with Crippen LogP contribution in [0, 0.1) is 0 Å². The first kappa shape index (κ1) is 26.3. The van der Waals surface area contributed by atoms with E-state index in [0.717, 1.165) is 5.39 Å². The molecule has 2 heterocycles. The highest BCUT2D eigenvalue weighted by atomic mass is 16.4. The smallest absolute Gasteiger partial charge is 0.305 e. The summed E-state index contributed by atoms with van der Waals surface area (Å²) in [6.45, 7) is 2.83. The number of carbonyl (C=O) groups is 6. The first-order valence-electron chi connectivity index (χ1n) is 11.3. The fourth-order valence-electron chi connectivity index (χ4n) is 4.03. The van der Waals surface area contributed by atoms with Crippen LogP contribution in [0.1, 0.15) is 30.8 Å². The number of aliphatic carboxylic acids is 1. The fraction of sp³-hybridized carbons (Fsp3) is 0.375. The van der Waals surface area contributed by atoms with Crippen molar-refractivity contribution < 1.29 is 33.9 Å². The van der Waals surface area contributed by atoms with E-state index in [1.807, 2.05) is 12.1 Å². The molecule has 1 aromatic heterocycles. The number of fused-ring (bicyclic) bond motifs is 1. The van der Waals surface area contributed by atoms with Crippen LogP contribution in [0.15, 0.2) is 36.5 Å². The summed E-state index contributed by atoms with van der Waals surface area (Å²) in [6, 6.07) is 5.41. The first-order valence-corrected chi connectivity index (χ1v) is 11.3. The molecule has 1 aliphatic heterocycles. The summed E-state index contributed by atoms with van der Waals surface area (Å²) in [5.74, 6) is -3.51. The molecule has 0 aliphatic carbocycles. The summed E-state index contributed by atoms with van der Waals surface area (Å²) >= 11 is 0. The van der Waals surface area contributed by atoms with Crippen molar-refractivity contribution in [3.63, 3.8) is 0 Å². The number of piperazine rings is 1. The minimum atomic E-state index is -1.30. The minimum Gasteiger partial charge on any atom is -0.481 e. The standard InChI is InChI=1S/C24H27N5O7/c1-14(26-23(35)21-18-6-4-3-5-16(18)7-8-25-21)24(36)29-10-9-28(15(2)31)12-19(29)22(34)27-17(13-30)11-20(32)33/h3-8,13-14,17,19H,9-12H2,1-2H3,(H,26,35)(H,27,34)(H,32,33)/t14-,17-,19?/m0/s1. The number of rotatable bonds is 8. The van der Waals surface area contributed by atoms with E-state index in [9.17, 15) is 28.8 Å². The first-order chi connectivity index (χ1) is 17.1. The van der Waals surface area contributed by atoms with Crippen molar-refractivity contribution in [2.75, 3.05) is 19.6 Å². The Morgan fingerprint density at radius 1 is 1.14 bits per heavy atom. The maximum Gasteiger partial charge on any atom is 0.305 e. The van der Waals surface area contributed by atoms with Crippen molar-refractivity contribution in [3.8, 4) is 0 Å². The lowest BCUT2D eigenvalue weighted by atomic mass is 10.1. The third kappa shape index (κ3) is 6.01. The van der Waals surface area contributed by atoms with E-state index >= 15 is 0 Å². The van der Waals surface area contributed by atoms with Crippen LogP contribution < -0.4 is 10.6 Å². The number of aromatic nitrogens is 1. The molecule has 1 fully saturated rings. The van der Waals surface area contributed by atoms with E-state index in [2.05, 4.69) is 15.6 Å². The molecule has 1 saturated heterocycles. The molecule has 2 aromatic rings. The maximum absolute atomic E-state index is 13.3. The quantitative estimate of drug-likeness (QED) is 0.413. The third-order valence-electron chi connectivity index (χ3n) is 5.90. The van der Waals surface area contributed by atoms with E-state index in [0.29, 0.717) is 11.7 Å². The molecule has 12 nitrogen and oxygen atoms in total. The number of carboxylic acid groups (broad SMARTS) is 1. The molecular weight excluding hydrogens is 470 g/mol. The number of nitrogens with one attached hydrogen (secondary N) is 2. The van der Waals surface area contributed by atoms with Gasteiger partial charge in [-0.1, -0.05) is 24.3 Å². The number of hydrogen-bond donors (Lipinski definition) is 3. The highest BCUT2D eigenvalue weighted by Crippen LogP contribution is 2.17. The third-order valence-corrected chi connectivity index (χ3v) is 5.90. The molecular formula is C24H27N5O7. The Morgan fingerprint density at radius 3 is 2.53 bits per heavy atom. The van der Waals surface area contributed by atoms with E-state index in [1.54, 1.807) is 18.2 Å². The fourth-order valence-corrected chi connectivity index (χ4v) is 4.03. The van der Waals surface area contributed by atoms with Gasteiger partial charge in [0.1, 0.15) is 24.1 Å².